The Labute approximate surface area is 162 Å². The highest BCUT2D eigenvalue weighted by Crippen LogP contribution is 2.36. The summed E-state index contributed by atoms with van der Waals surface area (Å²) >= 11 is 0. The van der Waals surface area contributed by atoms with Crippen molar-refractivity contribution in [2.75, 3.05) is 0 Å². The van der Waals surface area contributed by atoms with Crippen LogP contribution >= 0.6 is 0 Å². The van der Waals surface area contributed by atoms with Crippen LogP contribution in [0.15, 0.2) is 59.7 Å². The van der Waals surface area contributed by atoms with Crippen molar-refractivity contribution in [3.63, 3.8) is 0 Å². The molecule has 28 heavy (non-hydrogen) atoms. The smallest absolute Gasteiger partial charge is 0.351 e. The number of aliphatic carboxylic acids is 1. The van der Waals surface area contributed by atoms with E-state index in [1.165, 1.54) is 44.8 Å². The van der Waals surface area contributed by atoms with E-state index in [0.29, 0.717) is 12.8 Å². The first-order valence-electron chi connectivity index (χ1n) is 9.26. The zero-order chi connectivity index (χ0) is 19.7. The molecule has 4 aromatic rings. The molecule has 4 aromatic carbocycles. The molecule has 0 bridgehead atoms. The van der Waals surface area contributed by atoms with Crippen LogP contribution in [0.1, 0.15) is 25.3 Å². The fourth-order valence-corrected chi connectivity index (χ4v) is 3.70. The van der Waals surface area contributed by atoms with Crippen molar-refractivity contribution in [1.82, 2.24) is 5.43 Å². The van der Waals surface area contributed by atoms with Crippen molar-refractivity contribution < 1.29 is 14.7 Å². The van der Waals surface area contributed by atoms with Crippen molar-refractivity contribution >= 4 is 49.9 Å². The minimum absolute atomic E-state index is 0.139. The van der Waals surface area contributed by atoms with Gasteiger partial charge < -0.3 is 5.11 Å². The molecular weight excluding hydrogens is 352 g/mol. The Bertz CT molecular complexity index is 1210. The molecule has 0 heterocycles. The molecule has 0 spiro atoms. The molecule has 0 saturated heterocycles. The minimum Gasteiger partial charge on any atom is -0.477 e. The van der Waals surface area contributed by atoms with Crippen LogP contribution < -0.4 is 5.43 Å². The number of carboxylic acid groups (broad SMARTS) is 1. The lowest BCUT2D eigenvalue weighted by atomic mass is 9.90. The second-order valence-electron chi connectivity index (χ2n) is 6.97. The van der Waals surface area contributed by atoms with Crippen LogP contribution in [0.25, 0.3) is 32.3 Å². The standard InChI is InChI=1S/C23H20N2O3/c1-14(23(27)28)24-25-20(26)7-3-4-15-8-9-18-11-10-16-5-2-6-17-12-13-19(15)22(18)21(16)17/h2,5-6,8-13H,3-4,7H2,1H3,(H,25,26)(H,27,28)/b24-14-. The molecule has 0 fully saturated rings. The van der Waals surface area contributed by atoms with Crippen LogP contribution in [0, 0.1) is 0 Å². The molecule has 4 rings (SSSR count). The van der Waals surface area contributed by atoms with E-state index < -0.39 is 5.97 Å². The van der Waals surface area contributed by atoms with Gasteiger partial charge in [-0.05, 0) is 57.6 Å². The number of carbonyl (C=O) groups is 2. The van der Waals surface area contributed by atoms with Gasteiger partial charge in [-0.1, -0.05) is 54.6 Å². The van der Waals surface area contributed by atoms with Crippen molar-refractivity contribution in [2.45, 2.75) is 26.2 Å². The summed E-state index contributed by atoms with van der Waals surface area (Å²) in [6.45, 7) is 1.34. The molecular formula is C23H20N2O3. The van der Waals surface area contributed by atoms with Gasteiger partial charge in [0.05, 0.1) is 0 Å². The molecule has 0 atom stereocenters. The Morgan fingerprint density at radius 1 is 0.929 bits per heavy atom. The van der Waals surface area contributed by atoms with Crippen molar-refractivity contribution in [3.05, 3.63) is 60.2 Å². The lowest BCUT2D eigenvalue weighted by Crippen LogP contribution is -2.21. The van der Waals surface area contributed by atoms with Crippen LogP contribution in [0.5, 0.6) is 0 Å². The van der Waals surface area contributed by atoms with Crippen molar-refractivity contribution in [1.29, 1.82) is 0 Å². The average Bonchev–Trinajstić information content (AvgIpc) is 2.71. The number of benzene rings is 4. The number of nitrogens with zero attached hydrogens (tertiary/aromatic N) is 1. The van der Waals surface area contributed by atoms with Crippen LogP contribution in [0.4, 0.5) is 0 Å². The zero-order valence-corrected chi connectivity index (χ0v) is 15.5. The number of aryl methyl sites for hydroxylation is 1. The van der Waals surface area contributed by atoms with Gasteiger partial charge in [-0.2, -0.15) is 5.10 Å². The van der Waals surface area contributed by atoms with Gasteiger partial charge >= 0.3 is 5.97 Å². The van der Waals surface area contributed by atoms with E-state index in [4.69, 9.17) is 5.11 Å². The van der Waals surface area contributed by atoms with Crippen LogP contribution in [-0.2, 0) is 16.0 Å². The lowest BCUT2D eigenvalue weighted by molar-refractivity contribution is -0.129. The van der Waals surface area contributed by atoms with E-state index in [1.807, 2.05) is 0 Å². The van der Waals surface area contributed by atoms with Crippen molar-refractivity contribution in [2.24, 2.45) is 5.10 Å². The predicted octanol–water partition coefficient (Wildman–Crippen LogP) is 4.48. The van der Waals surface area contributed by atoms with Gasteiger partial charge in [0.25, 0.3) is 0 Å². The Balaban J connectivity index is 1.56. The quantitative estimate of drug-likeness (QED) is 0.297. The van der Waals surface area contributed by atoms with Gasteiger partial charge in [0, 0.05) is 6.42 Å². The van der Waals surface area contributed by atoms with Gasteiger partial charge in [-0.15, -0.1) is 0 Å². The molecule has 0 radical (unpaired) electrons. The van der Waals surface area contributed by atoms with E-state index in [1.54, 1.807) is 0 Å². The predicted molar refractivity (Wildman–Crippen MR) is 112 cm³/mol. The molecule has 1 amide bonds. The first-order valence-corrected chi connectivity index (χ1v) is 9.26. The van der Waals surface area contributed by atoms with E-state index >= 15 is 0 Å². The summed E-state index contributed by atoms with van der Waals surface area (Å²) in [6, 6.07) is 19.3. The van der Waals surface area contributed by atoms with Crippen molar-refractivity contribution in [3.8, 4) is 0 Å². The maximum Gasteiger partial charge on any atom is 0.351 e. The molecule has 0 aromatic heterocycles. The molecule has 2 N–H and O–H groups in total. The highest BCUT2D eigenvalue weighted by molar-refractivity contribution is 6.34. The highest BCUT2D eigenvalue weighted by Gasteiger charge is 2.11. The third kappa shape index (κ3) is 3.27. The van der Waals surface area contributed by atoms with E-state index in [9.17, 15) is 9.59 Å². The Morgan fingerprint density at radius 2 is 1.57 bits per heavy atom. The topological polar surface area (TPSA) is 78.8 Å². The molecule has 0 unspecified atom stereocenters. The first-order chi connectivity index (χ1) is 13.5. The Hall–Kier alpha value is -3.47. The molecule has 0 aliphatic rings. The lowest BCUT2D eigenvalue weighted by Gasteiger charge is -2.13. The summed E-state index contributed by atoms with van der Waals surface area (Å²) in [7, 11) is 0. The second-order valence-corrected chi connectivity index (χ2v) is 6.97. The number of carbonyl (C=O) groups excluding carboxylic acids is 1. The maximum atomic E-state index is 11.9. The SMILES string of the molecule is C/C(=N/NC(=O)CCCc1ccc2ccc3cccc4ccc1c2c34)C(=O)O. The van der Waals surface area contributed by atoms with Crippen LogP contribution in [-0.4, -0.2) is 22.7 Å². The van der Waals surface area contributed by atoms with Gasteiger partial charge in [-0.3, -0.25) is 4.79 Å². The maximum absolute atomic E-state index is 11.9. The fourth-order valence-electron chi connectivity index (χ4n) is 3.70. The summed E-state index contributed by atoms with van der Waals surface area (Å²) < 4.78 is 0. The van der Waals surface area contributed by atoms with E-state index in [-0.39, 0.29) is 11.6 Å². The van der Waals surface area contributed by atoms with E-state index in [2.05, 4.69) is 65.1 Å². The average molecular weight is 372 g/mol. The summed E-state index contributed by atoms with van der Waals surface area (Å²) in [5, 5.41) is 19.8. The number of hydrazone groups is 1. The van der Waals surface area contributed by atoms with Gasteiger partial charge in [0.1, 0.15) is 5.71 Å². The number of amides is 1. The van der Waals surface area contributed by atoms with Gasteiger partial charge in [-0.25, -0.2) is 10.2 Å². The summed E-state index contributed by atoms with van der Waals surface area (Å²) in [6.07, 6.45) is 1.72. The molecule has 0 saturated carbocycles. The van der Waals surface area contributed by atoms with Gasteiger partial charge in [0.15, 0.2) is 0 Å². The normalized spacial score (nSPS) is 12.1. The van der Waals surface area contributed by atoms with E-state index in [0.717, 1.165) is 6.42 Å². The zero-order valence-electron chi connectivity index (χ0n) is 15.5. The number of nitrogens with one attached hydrogen (secondary N) is 1. The Morgan fingerprint density at radius 3 is 2.29 bits per heavy atom. The number of rotatable bonds is 6. The fraction of sp³-hybridized carbons (Fsp3) is 0.174. The number of carboxylic acids is 1. The molecule has 140 valence electrons. The Kier molecular flexibility index (Phi) is 4.65. The third-order valence-electron chi connectivity index (χ3n) is 5.13. The summed E-state index contributed by atoms with van der Waals surface area (Å²) in [5.74, 6) is -1.42. The number of hydrogen-bond donors (Lipinski definition) is 2. The first kappa shape index (κ1) is 17.9. The number of hydrogen-bond acceptors (Lipinski definition) is 3. The van der Waals surface area contributed by atoms with Crippen LogP contribution in [0.2, 0.25) is 0 Å². The minimum atomic E-state index is -1.14. The monoisotopic (exact) mass is 372 g/mol. The largest absolute Gasteiger partial charge is 0.477 e. The molecule has 5 heteroatoms. The second kappa shape index (κ2) is 7.27. The summed E-state index contributed by atoms with van der Waals surface area (Å²) in [4.78, 5) is 22.6. The molecule has 0 aliphatic heterocycles. The van der Waals surface area contributed by atoms with Crippen LogP contribution in [0.3, 0.4) is 0 Å². The van der Waals surface area contributed by atoms with Gasteiger partial charge in [0.2, 0.25) is 5.91 Å². The third-order valence-corrected chi connectivity index (χ3v) is 5.13. The molecule has 5 nitrogen and oxygen atoms in total. The highest BCUT2D eigenvalue weighted by atomic mass is 16.4. The summed E-state index contributed by atoms with van der Waals surface area (Å²) in [5.41, 5.74) is 3.37. The molecule has 0 aliphatic carbocycles.